The number of hydrogen-bond acceptors (Lipinski definition) is 3. The van der Waals surface area contributed by atoms with Gasteiger partial charge in [-0.3, -0.25) is 0 Å². The summed E-state index contributed by atoms with van der Waals surface area (Å²) in [6.07, 6.45) is 0.836. The summed E-state index contributed by atoms with van der Waals surface area (Å²) in [7, 11) is -0.806. The Labute approximate surface area is 61.7 Å². The molecule has 1 aliphatic heterocycles. The quantitative estimate of drug-likeness (QED) is 0.604. The molecule has 1 saturated heterocycles. The van der Waals surface area contributed by atoms with Crippen LogP contribution in [0.25, 0.3) is 0 Å². The predicted molar refractivity (Wildman–Crippen MR) is 40.7 cm³/mol. The monoisotopic (exact) mass is 163 g/mol. The second-order valence-corrected chi connectivity index (χ2v) is 5.06. The molecule has 0 aromatic rings. The van der Waals surface area contributed by atoms with Gasteiger partial charge in [-0.25, -0.2) is 8.42 Å². The highest BCUT2D eigenvalue weighted by Gasteiger charge is 2.26. The fourth-order valence-electron chi connectivity index (χ4n) is 1.32. The van der Waals surface area contributed by atoms with Gasteiger partial charge in [0.05, 0.1) is 11.5 Å². The van der Waals surface area contributed by atoms with Crippen LogP contribution in [-0.2, 0) is 9.84 Å². The Hall–Kier alpha value is -0.0900. The number of rotatable bonds is 2. The molecule has 1 heterocycles. The lowest BCUT2D eigenvalue weighted by atomic mass is 10.1. The van der Waals surface area contributed by atoms with E-state index in [0.717, 1.165) is 13.0 Å². The number of sulfone groups is 1. The maximum Gasteiger partial charge on any atom is 0.150 e. The molecule has 0 amide bonds. The third-order valence-corrected chi connectivity index (χ3v) is 3.66. The molecular formula is C6H13NO2S. The van der Waals surface area contributed by atoms with E-state index in [4.69, 9.17) is 0 Å². The minimum absolute atomic E-state index is 0.356. The first-order valence-electron chi connectivity index (χ1n) is 3.49. The zero-order valence-corrected chi connectivity index (χ0v) is 6.95. The van der Waals surface area contributed by atoms with E-state index < -0.39 is 9.84 Å². The molecule has 1 atom stereocenters. The smallest absolute Gasteiger partial charge is 0.150 e. The molecule has 1 fully saturated rings. The summed E-state index contributed by atoms with van der Waals surface area (Å²) in [5, 5.41) is 2.98. The molecule has 0 aliphatic carbocycles. The van der Waals surface area contributed by atoms with Crippen molar-refractivity contribution in [1.29, 1.82) is 0 Å². The fourth-order valence-corrected chi connectivity index (χ4v) is 3.18. The molecule has 1 rings (SSSR count). The second-order valence-electron chi connectivity index (χ2n) is 2.83. The molecule has 60 valence electrons. The van der Waals surface area contributed by atoms with Crippen molar-refractivity contribution in [3.05, 3.63) is 0 Å². The van der Waals surface area contributed by atoms with Crippen LogP contribution in [0.3, 0.4) is 0 Å². The van der Waals surface area contributed by atoms with Crippen molar-refractivity contribution in [3.63, 3.8) is 0 Å². The molecule has 4 heteroatoms. The largest absolute Gasteiger partial charge is 0.319 e. The highest BCUT2D eigenvalue weighted by Crippen LogP contribution is 2.16. The van der Waals surface area contributed by atoms with Gasteiger partial charge in [-0.05, 0) is 25.9 Å². The van der Waals surface area contributed by atoms with Gasteiger partial charge < -0.3 is 5.32 Å². The molecule has 10 heavy (non-hydrogen) atoms. The van der Waals surface area contributed by atoms with Crippen LogP contribution in [0.2, 0.25) is 0 Å². The molecule has 0 aromatic carbocycles. The van der Waals surface area contributed by atoms with E-state index in [1.54, 1.807) is 0 Å². The highest BCUT2D eigenvalue weighted by molar-refractivity contribution is 7.91. The summed E-state index contributed by atoms with van der Waals surface area (Å²) in [4.78, 5) is 0. The van der Waals surface area contributed by atoms with Gasteiger partial charge in [0.15, 0.2) is 9.84 Å². The van der Waals surface area contributed by atoms with Crippen LogP contribution in [0.4, 0.5) is 0 Å². The van der Waals surface area contributed by atoms with Crippen molar-refractivity contribution < 1.29 is 8.42 Å². The molecule has 0 radical (unpaired) electrons. The first-order chi connectivity index (χ1) is 4.64. The number of hydrogen-bond donors (Lipinski definition) is 1. The minimum Gasteiger partial charge on any atom is -0.319 e. The Bertz CT molecular complexity index is 198. The molecule has 0 bridgehead atoms. The van der Waals surface area contributed by atoms with E-state index in [-0.39, 0.29) is 0 Å². The molecule has 1 N–H and O–H groups in total. The molecule has 3 nitrogen and oxygen atoms in total. The summed E-state index contributed by atoms with van der Waals surface area (Å²) in [6.45, 7) is 0.833. The van der Waals surface area contributed by atoms with Gasteiger partial charge in [-0.15, -0.1) is 0 Å². The van der Waals surface area contributed by atoms with Crippen LogP contribution in [0, 0.1) is 5.92 Å². The van der Waals surface area contributed by atoms with Crippen molar-refractivity contribution >= 4 is 9.84 Å². The second kappa shape index (κ2) is 2.88. The lowest BCUT2D eigenvalue weighted by Crippen LogP contribution is -2.19. The standard InChI is InChI=1S/C6H13NO2S/c1-7-4-6-2-3-10(8,9)5-6/h6-7H,2-5H2,1H3. The molecule has 0 aromatic heterocycles. The molecule has 0 spiro atoms. The van der Waals surface area contributed by atoms with E-state index in [2.05, 4.69) is 5.32 Å². The fraction of sp³-hybridized carbons (Fsp3) is 1.00. The van der Waals surface area contributed by atoms with E-state index in [1.807, 2.05) is 7.05 Å². The summed E-state index contributed by atoms with van der Waals surface area (Å²) >= 11 is 0. The van der Waals surface area contributed by atoms with E-state index in [1.165, 1.54) is 0 Å². The van der Waals surface area contributed by atoms with Crippen LogP contribution in [0.5, 0.6) is 0 Å². The van der Waals surface area contributed by atoms with Gasteiger partial charge >= 0.3 is 0 Å². The van der Waals surface area contributed by atoms with Gasteiger partial charge in [0.25, 0.3) is 0 Å². The average molecular weight is 163 g/mol. The Kier molecular flexibility index (Phi) is 2.31. The normalized spacial score (nSPS) is 30.7. The van der Waals surface area contributed by atoms with Crippen molar-refractivity contribution in [2.45, 2.75) is 6.42 Å². The summed E-state index contributed by atoms with van der Waals surface area (Å²) < 4.78 is 21.8. The minimum atomic E-state index is -2.66. The van der Waals surface area contributed by atoms with Crippen LogP contribution in [-0.4, -0.2) is 33.5 Å². The van der Waals surface area contributed by atoms with Crippen molar-refractivity contribution in [2.75, 3.05) is 25.1 Å². The lowest BCUT2D eigenvalue weighted by molar-refractivity contribution is 0.552. The van der Waals surface area contributed by atoms with Crippen LogP contribution in [0.1, 0.15) is 6.42 Å². The van der Waals surface area contributed by atoms with Gasteiger partial charge in [0.1, 0.15) is 0 Å². The first-order valence-corrected chi connectivity index (χ1v) is 5.31. The predicted octanol–water partition coefficient (Wildman–Crippen LogP) is -0.359. The average Bonchev–Trinajstić information content (AvgIpc) is 2.12. The molecule has 1 unspecified atom stereocenters. The Morgan fingerprint density at radius 2 is 2.30 bits per heavy atom. The number of nitrogens with one attached hydrogen (secondary N) is 1. The van der Waals surface area contributed by atoms with Gasteiger partial charge in [-0.2, -0.15) is 0 Å². The van der Waals surface area contributed by atoms with Crippen molar-refractivity contribution in [3.8, 4) is 0 Å². The van der Waals surface area contributed by atoms with Gasteiger partial charge in [0, 0.05) is 0 Å². The van der Waals surface area contributed by atoms with Crippen molar-refractivity contribution in [2.24, 2.45) is 5.92 Å². The Balaban J connectivity index is 2.44. The summed E-state index contributed by atoms with van der Waals surface area (Å²) in [6, 6.07) is 0. The molecule has 1 aliphatic rings. The molecule has 0 saturated carbocycles. The molecular weight excluding hydrogens is 150 g/mol. The summed E-state index contributed by atoms with van der Waals surface area (Å²) in [5.74, 6) is 1.13. The zero-order chi connectivity index (χ0) is 7.61. The SMILES string of the molecule is CNCC1CCS(=O)(=O)C1. The first kappa shape index (κ1) is 8.01. The third-order valence-electron chi connectivity index (χ3n) is 1.82. The highest BCUT2D eigenvalue weighted by atomic mass is 32.2. The maximum absolute atomic E-state index is 10.9. The van der Waals surface area contributed by atoms with Crippen LogP contribution < -0.4 is 5.32 Å². The van der Waals surface area contributed by atoms with E-state index >= 15 is 0 Å². The van der Waals surface area contributed by atoms with E-state index in [0.29, 0.717) is 17.4 Å². The van der Waals surface area contributed by atoms with Crippen molar-refractivity contribution in [1.82, 2.24) is 5.32 Å². The summed E-state index contributed by atoms with van der Waals surface area (Å²) in [5.41, 5.74) is 0. The Morgan fingerprint density at radius 3 is 2.70 bits per heavy atom. The Morgan fingerprint density at radius 1 is 1.60 bits per heavy atom. The zero-order valence-electron chi connectivity index (χ0n) is 6.13. The van der Waals surface area contributed by atoms with Crippen LogP contribution in [0.15, 0.2) is 0 Å². The maximum atomic E-state index is 10.9. The lowest BCUT2D eigenvalue weighted by Gasteiger charge is -2.03. The third kappa shape index (κ3) is 1.95. The van der Waals surface area contributed by atoms with Gasteiger partial charge in [-0.1, -0.05) is 0 Å². The van der Waals surface area contributed by atoms with Crippen LogP contribution >= 0.6 is 0 Å². The van der Waals surface area contributed by atoms with Gasteiger partial charge in [0.2, 0.25) is 0 Å². The topological polar surface area (TPSA) is 46.2 Å². The van der Waals surface area contributed by atoms with E-state index in [9.17, 15) is 8.42 Å².